The van der Waals surface area contributed by atoms with Gasteiger partial charge in [-0.05, 0) is 71.2 Å². The second-order valence-electron chi connectivity index (χ2n) is 8.05. The van der Waals surface area contributed by atoms with E-state index < -0.39 is 0 Å². The lowest BCUT2D eigenvalue weighted by Crippen LogP contribution is -2.49. The van der Waals surface area contributed by atoms with Crippen molar-refractivity contribution in [1.29, 1.82) is 0 Å². The van der Waals surface area contributed by atoms with Crippen LogP contribution in [0.5, 0.6) is 5.75 Å². The first-order valence-corrected chi connectivity index (χ1v) is 11.5. The Bertz CT molecular complexity index is 907. The number of ether oxygens (including phenoxy) is 1. The number of rotatable bonds is 7. The summed E-state index contributed by atoms with van der Waals surface area (Å²) in [7, 11) is 0. The van der Waals surface area contributed by atoms with Gasteiger partial charge >= 0.3 is 0 Å². The summed E-state index contributed by atoms with van der Waals surface area (Å²) in [6, 6.07) is 13.1. The van der Waals surface area contributed by atoms with E-state index in [1.165, 1.54) is 0 Å². The lowest BCUT2D eigenvalue weighted by Gasteiger charge is -2.36. The fourth-order valence-electron chi connectivity index (χ4n) is 3.57. The van der Waals surface area contributed by atoms with Crippen LogP contribution in [0.2, 0.25) is 0 Å². The highest BCUT2D eigenvalue weighted by Crippen LogP contribution is 2.27. The fourth-order valence-corrected chi connectivity index (χ4v) is 4.06. The van der Waals surface area contributed by atoms with Crippen LogP contribution in [-0.2, 0) is 4.79 Å². The first-order chi connectivity index (χ1) is 14.9. The van der Waals surface area contributed by atoms with Gasteiger partial charge in [0.1, 0.15) is 5.75 Å². The number of hydrogen-bond donors (Lipinski definition) is 1. The molecule has 0 radical (unpaired) electrons. The molecule has 1 aliphatic heterocycles. The average molecular weight is 488 g/mol. The number of nitrogens with zero attached hydrogens (tertiary/aromatic N) is 2. The van der Waals surface area contributed by atoms with E-state index in [1.54, 1.807) is 18.2 Å². The Morgan fingerprint density at radius 1 is 1.06 bits per heavy atom. The van der Waals surface area contributed by atoms with Gasteiger partial charge < -0.3 is 19.9 Å². The summed E-state index contributed by atoms with van der Waals surface area (Å²) >= 11 is 3.45. The molecule has 0 saturated carbocycles. The molecule has 3 rings (SSSR count). The fraction of sp³-hybridized carbons (Fsp3) is 0.417. The summed E-state index contributed by atoms with van der Waals surface area (Å²) in [6.07, 6.45) is 0.610. The van der Waals surface area contributed by atoms with Crippen LogP contribution in [0, 0.1) is 5.92 Å². The smallest absolute Gasteiger partial charge is 0.255 e. The summed E-state index contributed by atoms with van der Waals surface area (Å²) < 4.78 is 6.25. The molecule has 0 bridgehead atoms. The Balaban J connectivity index is 1.55. The molecule has 0 spiro atoms. The van der Waals surface area contributed by atoms with Crippen LogP contribution in [0.15, 0.2) is 46.9 Å². The van der Waals surface area contributed by atoms with Crippen molar-refractivity contribution in [3.8, 4) is 5.75 Å². The van der Waals surface area contributed by atoms with E-state index in [0.29, 0.717) is 24.5 Å². The van der Waals surface area contributed by atoms with Gasteiger partial charge in [-0.2, -0.15) is 0 Å². The largest absolute Gasteiger partial charge is 0.493 e. The van der Waals surface area contributed by atoms with Gasteiger partial charge in [-0.3, -0.25) is 9.59 Å². The molecule has 2 aromatic rings. The van der Waals surface area contributed by atoms with Gasteiger partial charge in [0, 0.05) is 49.5 Å². The van der Waals surface area contributed by atoms with Crippen molar-refractivity contribution < 1.29 is 14.3 Å². The van der Waals surface area contributed by atoms with Gasteiger partial charge in [0.05, 0.1) is 11.1 Å². The molecule has 2 amide bonds. The van der Waals surface area contributed by atoms with E-state index in [4.69, 9.17) is 4.74 Å². The first-order valence-electron chi connectivity index (χ1n) is 10.7. The summed E-state index contributed by atoms with van der Waals surface area (Å²) in [4.78, 5) is 29.1. The van der Waals surface area contributed by atoms with Crippen LogP contribution in [0.25, 0.3) is 0 Å². The lowest BCUT2D eigenvalue weighted by molar-refractivity contribution is -0.132. The Hall–Kier alpha value is -2.54. The zero-order valence-corrected chi connectivity index (χ0v) is 19.9. The molecule has 0 atom stereocenters. The Kier molecular flexibility index (Phi) is 7.96. The van der Waals surface area contributed by atoms with Crippen LogP contribution < -0.4 is 15.0 Å². The maximum atomic E-state index is 12.6. The molecule has 0 unspecified atom stereocenters. The molecule has 7 heteroatoms. The van der Waals surface area contributed by atoms with Crippen LogP contribution in [0.3, 0.4) is 0 Å². The number of carbonyl (C=O) groups is 2. The van der Waals surface area contributed by atoms with Crippen molar-refractivity contribution in [3.05, 3.63) is 52.5 Å². The van der Waals surface area contributed by atoms with Crippen molar-refractivity contribution in [2.75, 3.05) is 43.0 Å². The minimum absolute atomic E-state index is 0.172. The van der Waals surface area contributed by atoms with Crippen LogP contribution in [-0.4, -0.2) is 49.5 Å². The van der Waals surface area contributed by atoms with E-state index >= 15 is 0 Å². The number of nitrogens with one attached hydrogen (secondary N) is 1. The minimum Gasteiger partial charge on any atom is -0.493 e. The summed E-state index contributed by atoms with van der Waals surface area (Å²) in [5.74, 6) is 1.17. The molecule has 1 fully saturated rings. The number of piperazine rings is 1. The number of benzene rings is 2. The van der Waals surface area contributed by atoms with Gasteiger partial charge in [-0.15, -0.1) is 0 Å². The van der Waals surface area contributed by atoms with Crippen molar-refractivity contribution in [3.63, 3.8) is 0 Å². The highest BCUT2D eigenvalue weighted by Gasteiger charge is 2.21. The number of hydrogen-bond acceptors (Lipinski definition) is 4. The van der Waals surface area contributed by atoms with E-state index in [0.717, 1.165) is 47.8 Å². The summed E-state index contributed by atoms with van der Waals surface area (Å²) in [5, 5.41) is 2.94. The zero-order valence-electron chi connectivity index (χ0n) is 18.4. The van der Waals surface area contributed by atoms with E-state index in [-0.39, 0.29) is 11.8 Å². The molecule has 166 valence electrons. The lowest BCUT2D eigenvalue weighted by atomic mass is 10.1. The molecule has 0 aliphatic carbocycles. The van der Waals surface area contributed by atoms with Crippen molar-refractivity contribution in [2.24, 2.45) is 5.92 Å². The van der Waals surface area contributed by atoms with E-state index in [1.807, 2.05) is 36.1 Å². The van der Waals surface area contributed by atoms with Gasteiger partial charge in [0.2, 0.25) is 5.91 Å². The quantitative estimate of drug-likeness (QED) is 0.609. The molecular formula is C24H30BrN3O3. The standard InChI is InChI=1S/C24H30BrN3O3/c1-4-31-22-10-5-18(16-21(22)25)24(30)26-19-6-8-20(9-7-19)27-11-13-28(14-12-27)23(29)15-17(2)3/h5-10,16-17H,4,11-15H2,1-3H3,(H,26,30). The van der Waals surface area contributed by atoms with Crippen molar-refractivity contribution in [2.45, 2.75) is 27.2 Å². The average Bonchev–Trinajstić information content (AvgIpc) is 2.75. The molecule has 31 heavy (non-hydrogen) atoms. The number of halogens is 1. The number of anilines is 2. The molecule has 2 aromatic carbocycles. The van der Waals surface area contributed by atoms with E-state index in [2.05, 4.69) is 40.0 Å². The molecular weight excluding hydrogens is 458 g/mol. The first kappa shape index (κ1) is 23.1. The van der Waals surface area contributed by atoms with Gasteiger partial charge in [-0.1, -0.05) is 13.8 Å². The number of carbonyl (C=O) groups excluding carboxylic acids is 2. The summed E-state index contributed by atoms with van der Waals surface area (Å²) in [6.45, 7) is 9.76. The predicted octanol–water partition coefficient (Wildman–Crippen LogP) is 4.79. The third kappa shape index (κ3) is 6.23. The van der Waals surface area contributed by atoms with Crippen LogP contribution >= 0.6 is 15.9 Å². The Morgan fingerprint density at radius 2 is 1.74 bits per heavy atom. The van der Waals surface area contributed by atoms with Gasteiger partial charge in [0.15, 0.2) is 0 Å². The monoisotopic (exact) mass is 487 g/mol. The van der Waals surface area contributed by atoms with Crippen LogP contribution in [0.4, 0.5) is 11.4 Å². The highest BCUT2D eigenvalue weighted by atomic mass is 79.9. The third-order valence-electron chi connectivity index (χ3n) is 5.20. The molecule has 1 N–H and O–H groups in total. The second kappa shape index (κ2) is 10.7. The second-order valence-corrected chi connectivity index (χ2v) is 8.90. The Morgan fingerprint density at radius 3 is 2.32 bits per heavy atom. The van der Waals surface area contributed by atoms with Crippen molar-refractivity contribution in [1.82, 2.24) is 4.90 Å². The Labute approximate surface area is 192 Å². The SMILES string of the molecule is CCOc1ccc(C(=O)Nc2ccc(N3CCN(C(=O)CC(C)C)CC3)cc2)cc1Br. The summed E-state index contributed by atoms with van der Waals surface area (Å²) in [5.41, 5.74) is 2.39. The third-order valence-corrected chi connectivity index (χ3v) is 5.82. The van der Waals surface area contributed by atoms with Crippen LogP contribution in [0.1, 0.15) is 37.6 Å². The normalized spacial score (nSPS) is 14.0. The molecule has 0 aromatic heterocycles. The minimum atomic E-state index is -0.172. The van der Waals surface area contributed by atoms with Crippen molar-refractivity contribution >= 4 is 39.1 Å². The maximum Gasteiger partial charge on any atom is 0.255 e. The predicted molar refractivity (Wildman–Crippen MR) is 128 cm³/mol. The topological polar surface area (TPSA) is 61.9 Å². The highest BCUT2D eigenvalue weighted by molar-refractivity contribution is 9.10. The molecule has 1 aliphatic rings. The van der Waals surface area contributed by atoms with Gasteiger partial charge in [0.25, 0.3) is 5.91 Å². The zero-order chi connectivity index (χ0) is 22.4. The molecule has 6 nitrogen and oxygen atoms in total. The molecule has 1 heterocycles. The van der Waals surface area contributed by atoms with E-state index in [9.17, 15) is 9.59 Å². The van der Waals surface area contributed by atoms with Gasteiger partial charge in [-0.25, -0.2) is 0 Å². The maximum absolute atomic E-state index is 12.6. The number of amides is 2. The molecule has 1 saturated heterocycles.